The molecule has 3 rings (SSSR count). The summed E-state index contributed by atoms with van der Waals surface area (Å²) in [5.41, 5.74) is 1.27. The first-order valence-corrected chi connectivity index (χ1v) is 8.80. The Morgan fingerprint density at radius 3 is 2.67 bits per heavy atom. The topological polar surface area (TPSA) is 48.4 Å². The van der Waals surface area contributed by atoms with Crippen LogP contribution in [-0.4, -0.2) is 24.2 Å². The summed E-state index contributed by atoms with van der Waals surface area (Å²) < 4.78 is 11.1. The molecule has 0 N–H and O–H groups in total. The highest BCUT2D eigenvalue weighted by Crippen LogP contribution is 2.50. The molecule has 0 saturated heterocycles. The van der Waals surface area contributed by atoms with Crippen molar-refractivity contribution < 1.29 is 14.3 Å². The van der Waals surface area contributed by atoms with Crippen molar-refractivity contribution in [1.29, 1.82) is 0 Å². The summed E-state index contributed by atoms with van der Waals surface area (Å²) in [6, 6.07) is 9.68. The van der Waals surface area contributed by atoms with Gasteiger partial charge in [-0.3, -0.25) is 9.78 Å². The molecule has 1 aliphatic rings. The Bertz CT molecular complexity index is 696. The van der Waals surface area contributed by atoms with E-state index >= 15 is 0 Å². The van der Waals surface area contributed by atoms with Crippen molar-refractivity contribution in [1.82, 2.24) is 4.98 Å². The van der Waals surface area contributed by atoms with Crippen LogP contribution in [0.4, 0.5) is 0 Å². The van der Waals surface area contributed by atoms with Crippen molar-refractivity contribution in [3.8, 4) is 5.75 Å². The van der Waals surface area contributed by atoms with Crippen LogP contribution in [0.2, 0.25) is 0 Å². The first kappa shape index (κ1) is 16.7. The number of benzene rings is 1. The number of hydrogen-bond donors (Lipinski definition) is 0. The number of nitrogens with zero attached hydrogens (tertiary/aromatic N) is 1. The second kappa shape index (κ2) is 7.20. The van der Waals surface area contributed by atoms with E-state index in [-0.39, 0.29) is 18.5 Å². The minimum atomic E-state index is -0.0734. The Morgan fingerprint density at radius 2 is 1.92 bits per heavy atom. The van der Waals surface area contributed by atoms with Gasteiger partial charge in [-0.2, -0.15) is 0 Å². The molecule has 0 radical (unpaired) electrons. The predicted molar refractivity (Wildman–Crippen MR) is 93.9 cm³/mol. The van der Waals surface area contributed by atoms with Crippen molar-refractivity contribution in [3.05, 3.63) is 36.5 Å². The van der Waals surface area contributed by atoms with Gasteiger partial charge in [-0.05, 0) is 36.5 Å². The number of ether oxygens (including phenoxy) is 2. The highest BCUT2D eigenvalue weighted by atomic mass is 16.6. The molecule has 4 heteroatoms. The van der Waals surface area contributed by atoms with Crippen LogP contribution in [0.25, 0.3) is 10.9 Å². The molecule has 0 spiro atoms. The average molecular weight is 327 g/mol. The third kappa shape index (κ3) is 3.37. The molecular formula is C20H25NO3. The molecule has 1 aromatic carbocycles. The minimum absolute atomic E-state index is 0.0734. The summed E-state index contributed by atoms with van der Waals surface area (Å²) in [5.74, 6) is 0.777. The van der Waals surface area contributed by atoms with Crippen molar-refractivity contribution in [2.24, 2.45) is 11.3 Å². The molecule has 0 atom stereocenters. The molecule has 1 fully saturated rings. The van der Waals surface area contributed by atoms with Gasteiger partial charge in [0.15, 0.2) is 0 Å². The Kier molecular flexibility index (Phi) is 5.03. The molecule has 1 aromatic heterocycles. The van der Waals surface area contributed by atoms with Crippen LogP contribution in [0.5, 0.6) is 5.75 Å². The van der Waals surface area contributed by atoms with Crippen LogP contribution in [0.3, 0.4) is 0 Å². The van der Waals surface area contributed by atoms with Crippen LogP contribution >= 0.6 is 0 Å². The monoisotopic (exact) mass is 327 g/mol. The molecular weight excluding hydrogens is 302 g/mol. The molecule has 4 nitrogen and oxygen atoms in total. The smallest absolute Gasteiger partial charge is 0.309 e. The lowest BCUT2D eigenvalue weighted by molar-refractivity contribution is -0.158. The maximum Gasteiger partial charge on any atom is 0.309 e. The Balaban J connectivity index is 1.45. The Morgan fingerprint density at radius 1 is 1.17 bits per heavy atom. The summed E-state index contributed by atoms with van der Waals surface area (Å²) in [4.78, 5) is 16.4. The largest absolute Gasteiger partial charge is 0.489 e. The molecule has 1 aliphatic carbocycles. The molecule has 1 heterocycles. The van der Waals surface area contributed by atoms with E-state index in [1.807, 2.05) is 30.3 Å². The normalized spacial score (nSPS) is 16.6. The van der Waals surface area contributed by atoms with E-state index in [1.54, 1.807) is 6.20 Å². The van der Waals surface area contributed by atoms with Crippen molar-refractivity contribution in [2.75, 3.05) is 13.2 Å². The van der Waals surface area contributed by atoms with Gasteiger partial charge in [0.1, 0.15) is 19.0 Å². The molecule has 128 valence electrons. The number of carbonyl (C=O) groups excluding carboxylic acids is 1. The van der Waals surface area contributed by atoms with Crippen LogP contribution < -0.4 is 4.74 Å². The van der Waals surface area contributed by atoms with Crippen molar-refractivity contribution >= 4 is 16.9 Å². The van der Waals surface area contributed by atoms with Gasteiger partial charge in [0.05, 0.1) is 11.4 Å². The zero-order valence-corrected chi connectivity index (χ0v) is 14.5. The lowest BCUT2D eigenvalue weighted by atomic mass is 9.59. The molecule has 0 amide bonds. The van der Waals surface area contributed by atoms with Gasteiger partial charge in [0.25, 0.3) is 0 Å². The van der Waals surface area contributed by atoms with E-state index in [0.29, 0.717) is 12.0 Å². The van der Waals surface area contributed by atoms with E-state index in [4.69, 9.17) is 9.47 Å². The van der Waals surface area contributed by atoms with Gasteiger partial charge in [-0.1, -0.05) is 38.8 Å². The van der Waals surface area contributed by atoms with E-state index in [9.17, 15) is 4.79 Å². The van der Waals surface area contributed by atoms with Crippen LogP contribution in [0.15, 0.2) is 36.5 Å². The zero-order chi connectivity index (χ0) is 17.0. The fraction of sp³-hybridized carbons (Fsp3) is 0.500. The second-order valence-electron chi connectivity index (χ2n) is 6.65. The van der Waals surface area contributed by atoms with Crippen LogP contribution in [0, 0.1) is 11.3 Å². The number of carbonyl (C=O) groups is 1. The number of rotatable bonds is 7. The quantitative estimate of drug-likeness (QED) is 0.559. The average Bonchev–Trinajstić information content (AvgIpc) is 2.59. The highest BCUT2D eigenvalue weighted by Gasteiger charge is 2.45. The third-order valence-electron chi connectivity index (χ3n) is 5.39. The lowest BCUT2D eigenvalue weighted by Crippen LogP contribution is -2.41. The van der Waals surface area contributed by atoms with Crippen LogP contribution in [-0.2, 0) is 9.53 Å². The third-order valence-corrected chi connectivity index (χ3v) is 5.39. The van der Waals surface area contributed by atoms with E-state index in [0.717, 1.165) is 42.3 Å². The second-order valence-corrected chi connectivity index (χ2v) is 6.65. The van der Waals surface area contributed by atoms with E-state index in [1.165, 1.54) is 0 Å². The number of para-hydroxylation sites is 1. The van der Waals surface area contributed by atoms with E-state index < -0.39 is 0 Å². The van der Waals surface area contributed by atoms with Crippen molar-refractivity contribution in [2.45, 2.75) is 39.5 Å². The first-order chi connectivity index (χ1) is 11.7. The van der Waals surface area contributed by atoms with Crippen LogP contribution in [0.1, 0.15) is 39.5 Å². The summed E-state index contributed by atoms with van der Waals surface area (Å²) in [7, 11) is 0. The maximum absolute atomic E-state index is 12.1. The Hall–Kier alpha value is -2.10. The number of pyridine rings is 1. The summed E-state index contributed by atoms with van der Waals surface area (Å²) in [6.07, 6.45) is 5.95. The number of esters is 1. The Labute approximate surface area is 143 Å². The van der Waals surface area contributed by atoms with Gasteiger partial charge in [0.2, 0.25) is 0 Å². The predicted octanol–water partition coefficient (Wildman–Crippen LogP) is 4.37. The summed E-state index contributed by atoms with van der Waals surface area (Å²) >= 11 is 0. The summed E-state index contributed by atoms with van der Waals surface area (Å²) in [6.45, 7) is 5.06. The molecule has 1 saturated carbocycles. The fourth-order valence-electron chi connectivity index (χ4n) is 3.59. The SMILES string of the molecule is CCC1(CC)CC(C(=O)OCCOc2ccnc3ccccc23)C1. The number of aromatic nitrogens is 1. The molecule has 0 aliphatic heterocycles. The summed E-state index contributed by atoms with van der Waals surface area (Å²) in [5, 5.41) is 0.973. The number of fused-ring (bicyclic) bond motifs is 1. The molecule has 0 bridgehead atoms. The van der Waals surface area contributed by atoms with Gasteiger partial charge in [-0.25, -0.2) is 0 Å². The zero-order valence-electron chi connectivity index (χ0n) is 14.5. The number of hydrogen-bond acceptors (Lipinski definition) is 4. The maximum atomic E-state index is 12.1. The first-order valence-electron chi connectivity index (χ1n) is 8.80. The van der Waals surface area contributed by atoms with Crippen molar-refractivity contribution in [3.63, 3.8) is 0 Å². The molecule has 24 heavy (non-hydrogen) atoms. The van der Waals surface area contributed by atoms with Gasteiger partial charge >= 0.3 is 5.97 Å². The van der Waals surface area contributed by atoms with Gasteiger partial charge in [0, 0.05) is 11.6 Å². The molecule has 0 unspecified atom stereocenters. The van der Waals surface area contributed by atoms with Gasteiger partial charge < -0.3 is 9.47 Å². The van der Waals surface area contributed by atoms with Gasteiger partial charge in [-0.15, -0.1) is 0 Å². The van der Waals surface area contributed by atoms with E-state index in [2.05, 4.69) is 18.8 Å². The minimum Gasteiger partial charge on any atom is -0.489 e. The fourth-order valence-corrected chi connectivity index (χ4v) is 3.59. The standard InChI is InChI=1S/C20H25NO3/c1-3-20(4-2)13-15(14-20)19(22)24-12-11-23-18-9-10-21-17-8-6-5-7-16(17)18/h5-10,15H,3-4,11-14H2,1-2H3. The lowest BCUT2D eigenvalue weighted by Gasteiger charge is -2.45. The highest BCUT2D eigenvalue weighted by molar-refractivity contribution is 5.84. The molecule has 2 aromatic rings.